The molecule has 0 aliphatic carbocycles. The molecule has 0 aliphatic rings. The van der Waals surface area contributed by atoms with Crippen molar-refractivity contribution in [2.24, 2.45) is 0 Å². The molecular formula is C17H22N4O3. The fraction of sp³-hybridized carbons (Fsp3) is 0.353. The second-order valence-electron chi connectivity index (χ2n) is 5.32. The minimum absolute atomic E-state index is 0.382. The SMILES string of the molecule is COC(=O)C(Cc1ccccc1)NC(=O)NCCCn1ccnc1. The van der Waals surface area contributed by atoms with Gasteiger partial charge in [0.05, 0.1) is 13.4 Å². The molecule has 0 bridgehead atoms. The third kappa shape index (κ3) is 5.75. The Morgan fingerprint density at radius 1 is 1.29 bits per heavy atom. The van der Waals surface area contributed by atoms with Gasteiger partial charge in [0, 0.05) is 31.9 Å². The summed E-state index contributed by atoms with van der Waals surface area (Å²) in [5.74, 6) is -0.465. The number of carbonyl (C=O) groups is 2. The molecule has 1 atom stereocenters. The fourth-order valence-electron chi connectivity index (χ4n) is 2.28. The Balaban J connectivity index is 1.77. The molecule has 0 aliphatic heterocycles. The van der Waals surface area contributed by atoms with Gasteiger partial charge in [-0.05, 0) is 12.0 Å². The van der Waals surface area contributed by atoms with E-state index in [-0.39, 0.29) is 6.03 Å². The average molecular weight is 330 g/mol. The smallest absolute Gasteiger partial charge is 0.328 e. The van der Waals surface area contributed by atoms with Crippen LogP contribution >= 0.6 is 0 Å². The Morgan fingerprint density at radius 2 is 2.08 bits per heavy atom. The maximum Gasteiger partial charge on any atom is 0.328 e. The van der Waals surface area contributed by atoms with E-state index in [1.807, 2.05) is 41.1 Å². The number of ether oxygens (including phenoxy) is 1. The number of hydrogen-bond acceptors (Lipinski definition) is 4. The van der Waals surface area contributed by atoms with Crippen molar-refractivity contribution in [3.05, 3.63) is 54.6 Å². The van der Waals surface area contributed by atoms with E-state index in [2.05, 4.69) is 15.6 Å². The lowest BCUT2D eigenvalue weighted by molar-refractivity contribution is -0.142. The van der Waals surface area contributed by atoms with E-state index in [1.54, 1.807) is 12.5 Å². The molecule has 2 aromatic rings. The van der Waals surface area contributed by atoms with Crippen LogP contribution in [0.15, 0.2) is 49.1 Å². The number of hydrogen-bond donors (Lipinski definition) is 2. The van der Waals surface area contributed by atoms with Gasteiger partial charge in [-0.3, -0.25) is 0 Å². The molecule has 1 aromatic carbocycles. The first-order valence-corrected chi connectivity index (χ1v) is 7.81. The van der Waals surface area contributed by atoms with Crippen LogP contribution in [0.1, 0.15) is 12.0 Å². The number of benzene rings is 1. The summed E-state index contributed by atoms with van der Waals surface area (Å²) in [5, 5.41) is 5.41. The molecule has 7 nitrogen and oxygen atoms in total. The topological polar surface area (TPSA) is 85.2 Å². The van der Waals surface area contributed by atoms with E-state index < -0.39 is 12.0 Å². The van der Waals surface area contributed by atoms with Gasteiger partial charge in [-0.25, -0.2) is 14.6 Å². The molecule has 128 valence electrons. The van der Waals surface area contributed by atoms with Crippen LogP contribution in [0.25, 0.3) is 0 Å². The van der Waals surface area contributed by atoms with E-state index in [1.165, 1.54) is 7.11 Å². The Bertz CT molecular complexity index is 629. The molecular weight excluding hydrogens is 308 g/mol. The molecule has 24 heavy (non-hydrogen) atoms. The highest BCUT2D eigenvalue weighted by atomic mass is 16.5. The zero-order chi connectivity index (χ0) is 17.2. The fourth-order valence-corrected chi connectivity index (χ4v) is 2.28. The summed E-state index contributed by atoms with van der Waals surface area (Å²) in [4.78, 5) is 27.8. The van der Waals surface area contributed by atoms with Crippen LogP contribution in [-0.2, 0) is 22.5 Å². The van der Waals surface area contributed by atoms with Crippen molar-refractivity contribution in [2.45, 2.75) is 25.4 Å². The van der Waals surface area contributed by atoms with E-state index in [4.69, 9.17) is 4.74 Å². The number of amides is 2. The van der Waals surface area contributed by atoms with Gasteiger partial charge in [-0.2, -0.15) is 0 Å². The number of nitrogens with zero attached hydrogens (tertiary/aromatic N) is 2. The van der Waals surface area contributed by atoms with Gasteiger partial charge >= 0.3 is 12.0 Å². The van der Waals surface area contributed by atoms with E-state index >= 15 is 0 Å². The normalized spacial score (nSPS) is 11.5. The summed E-state index contributed by atoms with van der Waals surface area (Å²) in [7, 11) is 1.31. The molecule has 1 unspecified atom stereocenters. The van der Waals surface area contributed by atoms with Crippen LogP contribution in [0, 0.1) is 0 Å². The molecule has 2 N–H and O–H groups in total. The molecule has 1 heterocycles. The summed E-state index contributed by atoms with van der Waals surface area (Å²) in [5.41, 5.74) is 0.952. The molecule has 7 heteroatoms. The Kier molecular flexibility index (Phi) is 6.82. The summed E-state index contributed by atoms with van der Waals surface area (Å²) >= 11 is 0. The number of carbonyl (C=O) groups excluding carboxylic acids is 2. The molecule has 0 fully saturated rings. The number of nitrogens with one attached hydrogen (secondary N) is 2. The molecule has 0 radical (unpaired) electrons. The van der Waals surface area contributed by atoms with Crippen molar-refractivity contribution in [1.82, 2.24) is 20.2 Å². The Morgan fingerprint density at radius 3 is 2.75 bits per heavy atom. The third-order valence-electron chi connectivity index (χ3n) is 3.51. The van der Waals surface area contributed by atoms with Gasteiger partial charge in [0.1, 0.15) is 6.04 Å². The van der Waals surface area contributed by atoms with Crippen molar-refractivity contribution in [2.75, 3.05) is 13.7 Å². The molecule has 2 amide bonds. The number of rotatable bonds is 8. The third-order valence-corrected chi connectivity index (χ3v) is 3.51. The summed E-state index contributed by atoms with van der Waals surface area (Å²) in [6.07, 6.45) is 6.46. The Hall–Kier alpha value is -2.83. The van der Waals surface area contributed by atoms with Gasteiger partial charge in [-0.15, -0.1) is 0 Å². The summed E-state index contributed by atoms with van der Waals surface area (Å²) in [6, 6.07) is 8.39. The van der Waals surface area contributed by atoms with Crippen LogP contribution in [0.4, 0.5) is 4.79 Å². The van der Waals surface area contributed by atoms with Crippen molar-refractivity contribution < 1.29 is 14.3 Å². The van der Waals surface area contributed by atoms with Crippen LogP contribution in [0.2, 0.25) is 0 Å². The van der Waals surface area contributed by atoms with Gasteiger partial charge in [0.15, 0.2) is 0 Å². The van der Waals surface area contributed by atoms with E-state index in [0.717, 1.165) is 18.5 Å². The predicted molar refractivity (Wildman–Crippen MR) is 89.3 cm³/mol. The first-order valence-electron chi connectivity index (χ1n) is 7.81. The second kappa shape index (κ2) is 9.34. The largest absolute Gasteiger partial charge is 0.467 e. The molecule has 0 saturated heterocycles. The highest BCUT2D eigenvalue weighted by Gasteiger charge is 2.21. The summed E-state index contributed by atoms with van der Waals surface area (Å²) in [6.45, 7) is 1.27. The van der Waals surface area contributed by atoms with E-state index in [0.29, 0.717) is 13.0 Å². The van der Waals surface area contributed by atoms with Gasteiger partial charge < -0.3 is 19.9 Å². The zero-order valence-electron chi connectivity index (χ0n) is 13.6. The van der Waals surface area contributed by atoms with Crippen molar-refractivity contribution in [3.8, 4) is 0 Å². The minimum atomic E-state index is -0.717. The number of aromatic nitrogens is 2. The van der Waals surface area contributed by atoms with Crippen LogP contribution in [0.3, 0.4) is 0 Å². The highest BCUT2D eigenvalue weighted by molar-refractivity contribution is 5.83. The summed E-state index contributed by atoms with van der Waals surface area (Å²) < 4.78 is 6.71. The van der Waals surface area contributed by atoms with Crippen LogP contribution in [-0.4, -0.2) is 41.2 Å². The number of urea groups is 1. The highest BCUT2D eigenvalue weighted by Crippen LogP contribution is 2.04. The lowest BCUT2D eigenvalue weighted by Gasteiger charge is -2.17. The molecule has 2 rings (SSSR count). The number of esters is 1. The second-order valence-corrected chi connectivity index (χ2v) is 5.32. The maximum atomic E-state index is 12.0. The number of aryl methyl sites for hydroxylation is 1. The number of methoxy groups -OCH3 is 1. The lowest BCUT2D eigenvalue weighted by Crippen LogP contribution is -2.47. The first-order chi connectivity index (χ1) is 11.7. The maximum absolute atomic E-state index is 12.0. The van der Waals surface area contributed by atoms with Crippen molar-refractivity contribution >= 4 is 12.0 Å². The standard InChI is InChI=1S/C17H22N4O3/c1-24-16(22)15(12-14-6-3-2-4-7-14)20-17(23)19-8-5-10-21-11-9-18-13-21/h2-4,6-7,9,11,13,15H,5,8,10,12H2,1H3,(H2,19,20,23). The van der Waals surface area contributed by atoms with E-state index in [9.17, 15) is 9.59 Å². The van der Waals surface area contributed by atoms with Gasteiger partial charge in [-0.1, -0.05) is 30.3 Å². The van der Waals surface area contributed by atoms with Crippen molar-refractivity contribution in [1.29, 1.82) is 0 Å². The van der Waals surface area contributed by atoms with Crippen LogP contribution < -0.4 is 10.6 Å². The van der Waals surface area contributed by atoms with Gasteiger partial charge in [0.25, 0.3) is 0 Å². The average Bonchev–Trinajstić information content (AvgIpc) is 3.12. The predicted octanol–water partition coefficient (Wildman–Crippen LogP) is 1.36. The Labute approximate surface area is 141 Å². The lowest BCUT2D eigenvalue weighted by atomic mass is 10.1. The van der Waals surface area contributed by atoms with Crippen LogP contribution in [0.5, 0.6) is 0 Å². The van der Waals surface area contributed by atoms with Gasteiger partial charge in [0.2, 0.25) is 0 Å². The zero-order valence-corrected chi connectivity index (χ0v) is 13.6. The van der Waals surface area contributed by atoms with Crippen molar-refractivity contribution in [3.63, 3.8) is 0 Å². The number of imidazole rings is 1. The monoisotopic (exact) mass is 330 g/mol. The first kappa shape index (κ1) is 17.5. The quantitative estimate of drug-likeness (QED) is 0.565. The molecule has 1 aromatic heterocycles. The minimum Gasteiger partial charge on any atom is -0.467 e. The molecule has 0 saturated carbocycles. The molecule has 0 spiro atoms.